The number of nitrogens with one attached hydrogen (secondary N) is 1. The summed E-state index contributed by atoms with van der Waals surface area (Å²) in [6.45, 7) is 3.40. The normalized spacial score (nSPS) is 19.3. The first kappa shape index (κ1) is 20.6. The molecule has 0 aliphatic heterocycles. The van der Waals surface area contributed by atoms with E-state index in [0.717, 1.165) is 18.2 Å². The Kier molecular flexibility index (Phi) is 8.35. The number of anilines is 2. The van der Waals surface area contributed by atoms with Crippen LogP contribution in [0.1, 0.15) is 126 Å². The minimum absolute atomic E-state index is 0.696. The van der Waals surface area contributed by atoms with Crippen LogP contribution in [0.2, 0.25) is 0 Å². The largest absolute Gasteiger partial charge is 0.398 e. The van der Waals surface area contributed by atoms with Crippen molar-refractivity contribution in [1.29, 1.82) is 0 Å². The van der Waals surface area contributed by atoms with E-state index < -0.39 is 0 Å². The van der Waals surface area contributed by atoms with Gasteiger partial charge in [0.1, 0.15) is 0 Å². The second-order valence-electron chi connectivity index (χ2n) is 9.04. The van der Waals surface area contributed by atoms with E-state index in [1.165, 1.54) is 108 Å². The molecule has 0 unspecified atom stereocenters. The van der Waals surface area contributed by atoms with Gasteiger partial charge in [-0.3, -0.25) is 0 Å². The van der Waals surface area contributed by atoms with Gasteiger partial charge in [-0.1, -0.05) is 71.1 Å². The number of rotatable bonds is 9. The predicted octanol–water partition coefficient (Wildman–Crippen LogP) is 7.75. The zero-order chi connectivity index (χ0) is 18.9. The number of nitrogen functional groups attached to an aromatic ring is 1. The summed E-state index contributed by atoms with van der Waals surface area (Å²) in [7, 11) is 0. The van der Waals surface area contributed by atoms with Crippen molar-refractivity contribution in [2.24, 2.45) is 0 Å². The van der Waals surface area contributed by atoms with Crippen LogP contribution in [0.25, 0.3) is 0 Å². The van der Waals surface area contributed by atoms with Crippen LogP contribution in [-0.2, 0) is 0 Å². The molecule has 2 saturated carbocycles. The van der Waals surface area contributed by atoms with Gasteiger partial charge in [-0.25, -0.2) is 0 Å². The number of nitrogens with two attached hydrogens (primary N) is 1. The van der Waals surface area contributed by atoms with Gasteiger partial charge in [0.05, 0.1) is 0 Å². The Morgan fingerprint density at radius 3 is 2.00 bits per heavy atom. The van der Waals surface area contributed by atoms with Gasteiger partial charge >= 0.3 is 0 Å². The van der Waals surface area contributed by atoms with E-state index in [1.54, 1.807) is 5.56 Å². The van der Waals surface area contributed by atoms with Crippen LogP contribution in [0, 0.1) is 0 Å². The molecule has 2 heteroatoms. The van der Waals surface area contributed by atoms with Crippen LogP contribution in [-0.4, -0.2) is 6.54 Å². The van der Waals surface area contributed by atoms with Gasteiger partial charge in [0.15, 0.2) is 0 Å². The van der Waals surface area contributed by atoms with Crippen molar-refractivity contribution in [2.45, 2.75) is 115 Å². The summed E-state index contributed by atoms with van der Waals surface area (Å²) in [5.74, 6) is 1.42. The van der Waals surface area contributed by atoms with E-state index in [9.17, 15) is 0 Å². The third-order valence-corrected chi connectivity index (χ3v) is 6.94. The minimum Gasteiger partial charge on any atom is -0.398 e. The molecule has 0 aromatic heterocycles. The van der Waals surface area contributed by atoms with Gasteiger partial charge < -0.3 is 11.1 Å². The molecule has 1 aromatic carbocycles. The summed E-state index contributed by atoms with van der Waals surface area (Å²) in [5.41, 5.74) is 12.2. The van der Waals surface area contributed by atoms with Crippen LogP contribution in [0.15, 0.2) is 12.1 Å². The third-order valence-electron chi connectivity index (χ3n) is 6.94. The van der Waals surface area contributed by atoms with E-state index in [-0.39, 0.29) is 0 Å². The van der Waals surface area contributed by atoms with E-state index in [4.69, 9.17) is 5.73 Å². The molecular weight excluding hydrogens is 328 g/mol. The molecule has 0 saturated heterocycles. The predicted molar refractivity (Wildman–Crippen MR) is 120 cm³/mol. The van der Waals surface area contributed by atoms with Gasteiger partial charge in [-0.05, 0) is 67.2 Å². The number of hydrogen-bond acceptors (Lipinski definition) is 2. The highest BCUT2D eigenvalue weighted by molar-refractivity contribution is 5.66. The fraction of sp³-hybridized carbons (Fsp3) is 0.760. The standard InChI is InChI=1S/C25H42N2/c1-2-3-4-5-12-19-27-23-18-17-22(26)24(20-13-8-6-9-14-20)25(23)21-15-10-7-11-16-21/h17-18,20-21,27H,2-16,19,26H2,1H3. The van der Waals surface area contributed by atoms with E-state index in [1.807, 2.05) is 0 Å². The average Bonchev–Trinajstić information content (AvgIpc) is 2.72. The van der Waals surface area contributed by atoms with Crippen LogP contribution < -0.4 is 11.1 Å². The van der Waals surface area contributed by atoms with Gasteiger partial charge in [-0.2, -0.15) is 0 Å². The fourth-order valence-corrected chi connectivity index (χ4v) is 5.44. The fourth-order valence-electron chi connectivity index (χ4n) is 5.44. The second-order valence-corrected chi connectivity index (χ2v) is 9.04. The maximum atomic E-state index is 6.61. The third kappa shape index (κ3) is 5.65. The van der Waals surface area contributed by atoms with Gasteiger partial charge in [0.25, 0.3) is 0 Å². The molecule has 2 nitrogen and oxygen atoms in total. The molecule has 27 heavy (non-hydrogen) atoms. The van der Waals surface area contributed by atoms with Crippen molar-refractivity contribution in [3.63, 3.8) is 0 Å². The summed E-state index contributed by atoms with van der Waals surface area (Å²) >= 11 is 0. The molecular formula is C25H42N2. The summed E-state index contributed by atoms with van der Waals surface area (Å²) in [5, 5.41) is 3.84. The van der Waals surface area contributed by atoms with Crippen molar-refractivity contribution in [3.05, 3.63) is 23.3 Å². The highest BCUT2D eigenvalue weighted by Gasteiger charge is 2.28. The number of unbranched alkanes of at least 4 members (excludes halogenated alkanes) is 4. The molecule has 0 radical (unpaired) electrons. The zero-order valence-electron chi connectivity index (χ0n) is 17.7. The summed E-state index contributed by atoms with van der Waals surface area (Å²) < 4.78 is 0. The zero-order valence-corrected chi connectivity index (χ0v) is 17.7. The van der Waals surface area contributed by atoms with Crippen LogP contribution in [0.5, 0.6) is 0 Å². The lowest BCUT2D eigenvalue weighted by Gasteiger charge is -2.32. The smallest absolute Gasteiger partial charge is 0.0379 e. The SMILES string of the molecule is CCCCCCCNc1ccc(N)c(C2CCCCC2)c1C1CCCCC1. The molecule has 2 fully saturated rings. The van der Waals surface area contributed by atoms with E-state index in [2.05, 4.69) is 24.4 Å². The molecule has 2 aliphatic rings. The number of benzene rings is 1. The van der Waals surface area contributed by atoms with Gasteiger partial charge in [0.2, 0.25) is 0 Å². The van der Waals surface area contributed by atoms with Crippen LogP contribution >= 0.6 is 0 Å². The quantitative estimate of drug-likeness (QED) is 0.344. The summed E-state index contributed by atoms with van der Waals surface area (Å²) in [6.07, 6.45) is 20.5. The Labute approximate surface area is 167 Å². The van der Waals surface area contributed by atoms with Crippen molar-refractivity contribution in [1.82, 2.24) is 0 Å². The second kappa shape index (κ2) is 11.0. The molecule has 0 atom stereocenters. The van der Waals surface area contributed by atoms with Gasteiger partial charge in [-0.15, -0.1) is 0 Å². The van der Waals surface area contributed by atoms with Crippen molar-refractivity contribution >= 4 is 11.4 Å². The van der Waals surface area contributed by atoms with Crippen molar-refractivity contribution in [3.8, 4) is 0 Å². The number of hydrogen-bond donors (Lipinski definition) is 2. The first-order chi connectivity index (χ1) is 13.3. The van der Waals surface area contributed by atoms with Crippen molar-refractivity contribution in [2.75, 3.05) is 17.6 Å². The monoisotopic (exact) mass is 370 g/mol. The molecule has 0 spiro atoms. The molecule has 1 aromatic rings. The molecule has 0 amide bonds. The molecule has 3 N–H and O–H groups in total. The molecule has 0 bridgehead atoms. The molecule has 152 valence electrons. The Balaban J connectivity index is 1.78. The molecule has 2 aliphatic carbocycles. The minimum atomic E-state index is 0.696. The lowest BCUT2D eigenvalue weighted by atomic mass is 9.74. The maximum absolute atomic E-state index is 6.61. The average molecular weight is 371 g/mol. The Bertz CT molecular complexity index is 554. The molecule has 0 heterocycles. The summed E-state index contributed by atoms with van der Waals surface area (Å²) in [6, 6.07) is 4.48. The maximum Gasteiger partial charge on any atom is 0.0379 e. The van der Waals surface area contributed by atoms with E-state index in [0.29, 0.717) is 5.92 Å². The Morgan fingerprint density at radius 1 is 0.778 bits per heavy atom. The lowest BCUT2D eigenvalue weighted by molar-refractivity contribution is 0.420. The van der Waals surface area contributed by atoms with Crippen LogP contribution in [0.3, 0.4) is 0 Å². The van der Waals surface area contributed by atoms with Crippen molar-refractivity contribution < 1.29 is 0 Å². The first-order valence-corrected chi connectivity index (χ1v) is 12.0. The first-order valence-electron chi connectivity index (χ1n) is 12.0. The van der Waals surface area contributed by atoms with Gasteiger partial charge in [0, 0.05) is 17.9 Å². The van der Waals surface area contributed by atoms with Crippen LogP contribution in [0.4, 0.5) is 11.4 Å². The van der Waals surface area contributed by atoms with E-state index >= 15 is 0 Å². The Morgan fingerprint density at radius 2 is 1.37 bits per heavy atom. The molecule has 3 rings (SSSR count). The topological polar surface area (TPSA) is 38.0 Å². The highest BCUT2D eigenvalue weighted by atomic mass is 14.9. The highest BCUT2D eigenvalue weighted by Crippen LogP contribution is 2.46. The Hall–Kier alpha value is -1.18. The lowest BCUT2D eigenvalue weighted by Crippen LogP contribution is -2.17. The summed E-state index contributed by atoms with van der Waals surface area (Å²) in [4.78, 5) is 0.